The molecule has 0 bridgehead atoms. The monoisotopic (exact) mass is 433 g/mol. The lowest BCUT2D eigenvalue weighted by molar-refractivity contribution is -0.118. The first-order valence-corrected chi connectivity index (χ1v) is 10.8. The van der Waals surface area contributed by atoms with Crippen LogP contribution in [0.5, 0.6) is 0 Å². The molecular weight excluding hydrogens is 417 g/mol. The van der Waals surface area contributed by atoms with Crippen LogP contribution >= 0.6 is 11.8 Å². The van der Waals surface area contributed by atoms with E-state index in [4.69, 9.17) is 9.56 Å². The fraction of sp³-hybridized carbons (Fsp3) is 0.0526. The topological polar surface area (TPSA) is 115 Å². The number of nitrogens with two attached hydrogens (primary N) is 1. The average Bonchev–Trinajstić information content (AvgIpc) is 3.16. The summed E-state index contributed by atoms with van der Waals surface area (Å²) in [6, 6.07) is 15.4. The predicted molar refractivity (Wildman–Crippen MR) is 108 cm³/mol. The molecule has 1 aromatic heterocycles. The Morgan fingerprint density at radius 1 is 1.14 bits per heavy atom. The van der Waals surface area contributed by atoms with Crippen molar-refractivity contribution in [2.45, 2.75) is 9.79 Å². The zero-order valence-electron chi connectivity index (χ0n) is 14.9. The van der Waals surface area contributed by atoms with E-state index < -0.39 is 10.0 Å². The van der Waals surface area contributed by atoms with Crippen molar-refractivity contribution < 1.29 is 22.0 Å². The zero-order chi connectivity index (χ0) is 20.9. The van der Waals surface area contributed by atoms with Gasteiger partial charge in [0.1, 0.15) is 17.3 Å². The number of thioether (sulfide) groups is 1. The van der Waals surface area contributed by atoms with Gasteiger partial charge in [-0.3, -0.25) is 4.79 Å². The van der Waals surface area contributed by atoms with Crippen molar-refractivity contribution in [3.05, 3.63) is 72.2 Å². The number of sulfonamides is 1. The number of halogens is 1. The van der Waals surface area contributed by atoms with E-state index in [1.165, 1.54) is 24.4 Å². The van der Waals surface area contributed by atoms with Crippen LogP contribution < -0.4 is 10.6 Å². The second kappa shape index (κ2) is 9.03. The summed E-state index contributed by atoms with van der Waals surface area (Å²) in [5, 5.41) is 8.88. The molecule has 0 radical (unpaired) electrons. The number of nitrogens with one attached hydrogen (secondary N) is 1. The van der Waals surface area contributed by atoms with Crippen molar-refractivity contribution in [1.29, 1.82) is 0 Å². The minimum Gasteiger partial charge on any atom is -0.455 e. The van der Waals surface area contributed by atoms with Gasteiger partial charge in [0.2, 0.25) is 15.9 Å². The number of hydrogen-bond donors (Lipinski definition) is 2. The Kier molecular flexibility index (Phi) is 6.47. The van der Waals surface area contributed by atoms with Gasteiger partial charge in [0.15, 0.2) is 0 Å². The fourth-order valence-corrected chi connectivity index (χ4v) is 3.54. The molecule has 0 saturated heterocycles. The van der Waals surface area contributed by atoms with Gasteiger partial charge in [0.05, 0.1) is 16.9 Å². The molecule has 0 spiro atoms. The van der Waals surface area contributed by atoms with Crippen LogP contribution in [0.4, 0.5) is 4.39 Å². The number of benzene rings is 2. The van der Waals surface area contributed by atoms with Gasteiger partial charge in [0, 0.05) is 10.5 Å². The third-order valence-corrected chi connectivity index (χ3v) is 5.65. The molecule has 0 unspecified atom stereocenters. The second-order valence-corrected chi connectivity index (χ2v) is 8.36. The molecule has 0 fully saturated rings. The average molecular weight is 433 g/mol. The number of nitrogens with zero attached hydrogens (tertiary/aromatic N) is 1. The van der Waals surface area contributed by atoms with Crippen molar-refractivity contribution in [1.82, 2.24) is 5.43 Å². The molecule has 10 heteroatoms. The van der Waals surface area contributed by atoms with E-state index in [1.807, 2.05) is 0 Å². The summed E-state index contributed by atoms with van der Waals surface area (Å²) in [5.74, 6) is 0.123. The van der Waals surface area contributed by atoms with Gasteiger partial charge in [-0.1, -0.05) is 12.1 Å². The summed E-state index contributed by atoms with van der Waals surface area (Å²) < 4.78 is 41.7. The highest BCUT2D eigenvalue weighted by atomic mass is 32.2. The number of carbonyl (C=O) groups is 1. The van der Waals surface area contributed by atoms with Gasteiger partial charge in [-0.15, -0.1) is 11.8 Å². The minimum atomic E-state index is -3.76. The van der Waals surface area contributed by atoms with Crippen molar-refractivity contribution in [2.75, 3.05) is 5.75 Å². The summed E-state index contributed by atoms with van der Waals surface area (Å²) in [5.41, 5.74) is 3.00. The SMILES string of the molecule is NS(=O)(=O)c1ccc(-c2ccc(C=NNC(=O)CSc3ccccc3F)o2)cc1. The summed E-state index contributed by atoms with van der Waals surface area (Å²) >= 11 is 1.07. The fourth-order valence-electron chi connectivity index (χ4n) is 2.29. The summed E-state index contributed by atoms with van der Waals surface area (Å²) in [4.78, 5) is 12.2. The van der Waals surface area contributed by atoms with Gasteiger partial charge in [0.25, 0.3) is 0 Å². The Morgan fingerprint density at radius 2 is 1.86 bits per heavy atom. The maximum Gasteiger partial charge on any atom is 0.250 e. The van der Waals surface area contributed by atoms with Crippen LogP contribution in [0.15, 0.2) is 80.0 Å². The van der Waals surface area contributed by atoms with Crippen LogP contribution in [-0.4, -0.2) is 26.3 Å². The molecule has 0 aliphatic carbocycles. The zero-order valence-corrected chi connectivity index (χ0v) is 16.5. The largest absolute Gasteiger partial charge is 0.455 e. The first kappa shape index (κ1) is 20.8. The molecule has 0 aliphatic rings. The van der Waals surface area contributed by atoms with Crippen molar-refractivity contribution in [3.63, 3.8) is 0 Å². The molecule has 3 rings (SSSR count). The van der Waals surface area contributed by atoms with Crippen molar-refractivity contribution >= 4 is 33.9 Å². The molecule has 1 heterocycles. The van der Waals surface area contributed by atoms with Crippen molar-refractivity contribution in [2.24, 2.45) is 10.2 Å². The highest BCUT2D eigenvalue weighted by molar-refractivity contribution is 8.00. The molecule has 0 aliphatic heterocycles. The van der Waals surface area contributed by atoms with Crippen LogP contribution in [0.1, 0.15) is 5.76 Å². The third kappa shape index (κ3) is 5.76. The predicted octanol–water partition coefficient (Wildman–Crippen LogP) is 2.98. The van der Waals surface area contributed by atoms with Gasteiger partial charge in [-0.2, -0.15) is 5.10 Å². The molecule has 29 heavy (non-hydrogen) atoms. The number of carbonyl (C=O) groups excluding carboxylic acids is 1. The Morgan fingerprint density at radius 3 is 2.55 bits per heavy atom. The molecule has 0 saturated carbocycles. The van der Waals surface area contributed by atoms with Crippen LogP contribution in [0.2, 0.25) is 0 Å². The lowest BCUT2D eigenvalue weighted by atomic mass is 10.2. The van der Waals surface area contributed by atoms with Crippen LogP contribution in [0.3, 0.4) is 0 Å². The number of rotatable bonds is 7. The lowest BCUT2D eigenvalue weighted by Crippen LogP contribution is -2.19. The van der Waals surface area contributed by atoms with Gasteiger partial charge in [-0.25, -0.2) is 23.4 Å². The Bertz CT molecular complexity index is 1140. The molecule has 0 atom stereocenters. The highest BCUT2D eigenvalue weighted by Gasteiger charge is 2.09. The molecule has 3 aromatic rings. The van der Waals surface area contributed by atoms with E-state index >= 15 is 0 Å². The van der Waals surface area contributed by atoms with Crippen LogP contribution in [0.25, 0.3) is 11.3 Å². The number of hydrazone groups is 1. The smallest absolute Gasteiger partial charge is 0.250 e. The van der Waals surface area contributed by atoms with E-state index in [0.717, 1.165) is 11.8 Å². The Hall–Kier alpha value is -2.95. The molecular formula is C19H16FN3O4S2. The van der Waals surface area contributed by atoms with Crippen LogP contribution in [-0.2, 0) is 14.8 Å². The Labute approximate surface area is 170 Å². The highest BCUT2D eigenvalue weighted by Crippen LogP contribution is 2.23. The van der Waals surface area contributed by atoms with Gasteiger partial charge >= 0.3 is 0 Å². The quantitative estimate of drug-likeness (QED) is 0.338. The number of hydrogen-bond acceptors (Lipinski definition) is 6. The lowest BCUT2D eigenvalue weighted by Gasteiger charge is -2.01. The maximum atomic E-state index is 13.5. The summed E-state index contributed by atoms with van der Waals surface area (Å²) in [7, 11) is -3.76. The molecule has 150 valence electrons. The van der Waals surface area contributed by atoms with E-state index in [-0.39, 0.29) is 22.4 Å². The second-order valence-electron chi connectivity index (χ2n) is 5.78. The summed E-state index contributed by atoms with van der Waals surface area (Å²) in [6.07, 6.45) is 1.33. The Balaban J connectivity index is 1.55. The van der Waals surface area contributed by atoms with Gasteiger partial charge < -0.3 is 4.42 Å². The van der Waals surface area contributed by atoms with E-state index in [2.05, 4.69) is 10.5 Å². The van der Waals surface area contributed by atoms with Crippen LogP contribution in [0, 0.1) is 5.82 Å². The normalized spacial score (nSPS) is 11.7. The van der Waals surface area contributed by atoms with Gasteiger partial charge in [-0.05, 0) is 48.5 Å². The minimum absolute atomic E-state index is 0.00515. The van der Waals surface area contributed by atoms with E-state index in [1.54, 1.807) is 42.5 Å². The molecule has 7 nitrogen and oxygen atoms in total. The third-order valence-electron chi connectivity index (χ3n) is 3.67. The standard InChI is InChI=1S/C19H16FN3O4S2/c20-16-3-1-2-4-18(16)28-12-19(24)23-22-11-14-7-10-17(27-14)13-5-8-15(9-6-13)29(21,25)26/h1-11H,12H2,(H,23,24)(H2,21,25,26). The first-order chi connectivity index (χ1) is 13.8. The van der Waals surface area contributed by atoms with E-state index in [9.17, 15) is 17.6 Å². The number of furan rings is 1. The van der Waals surface area contributed by atoms with Crippen molar-refractivity contribution in [3.8, 4) is 11.3 Å². The number of primary sulfonamides is 1. The number of amides is 1. The molecule has 1 amide bonds. The molecule has 3 N–H and O–H groups in total. The summed E-state index contributed by atoms with van der Waals surface area (Å²) in [6.45, 7) is 0. The molecule has 2 aromatic carbocycles. The first-order valence-electron chi connectivity index (χ1n) is 8.25. The maximum absolute atomic E-state index is 13.5. The van der Waals surface area contributed by atoms with E-state index in [0.29, 0.717) is 22.0 Å².